The molecule has 0 saturated heterocycles. The van der Waals surface area contributed by atoms with Gasteiger partial charge in [0.1, 0.15) is 11.5 Å². The third-order valence-corrected chi connectivity index (χ3v) is 4.14. The summed E-state index contributed by atoms with van der Waals surface area (Å²) in [5.74, 6) is 1.96. The van der Waals surface area contributed by atoms with Gasteiger partial charge in [-0.2, -0.15) is 0 Å². The fraction of sp³-hybridized carbons (Fsp3) is 0.391. The van der Waals surface area contributed by atoms with E-state index in [1.54, 1.807) is 0 Å². The summed E-state index contributed by atoms with van der Waals surface area (Å²) < 4.78 is 21.8. The monoisotopic (exact) mass is 470 g/mol. The average molecular weight is 471 g/mol. The van der Waals surface area contributed by atoms with Crippen LogP contribution in [0.5, 0.6) is 11.5 Å². The molecule has 0 unspecified atom stereocenters. The van der Waals surface area contributed by atoms with E-state index in [9.17, 15) is 0 Å². The number of hydrogen-bond acceptors (Lipinski definition) is 6. The van der Waals surface area contributed by atoms with Crippen LogP contribution in [-0.4, -0.2) is 38.2 Å². The molecule has 2 rings (SSSR count). The van der Waals surface area contributed by atoms with Gasteiger partial charge in [0.05, 0.1) is 26.4 Å². The summed E-state index contributed by atoms with van der Waals surface area (Å²) in [6, 6.07) is 14.8. The van der Waals surface area contributed by atoms with E-state index in [4.69, 9.17) is 29.8 Å². The molecule has 172 valence electrons. The highest BCUT2D eigenvalue weighted by Crippen LogP contribution is 2.15. The fourth-order valence-corrected chi connectivity index (χ4v) is 2.62. The van der Waals surface area contributed by atoms with Crippen LogP contribution in [-0.2, 0) is 9.47 Å². The Morgan fingerprint density at radius 2 is 0.968 bits per heavy atom. The Kier molecular flexibility index (Phi) is 15.0. The summed E-state index contributed by atoms with van der Waals surface area (Å²) >= 11 is 0. The third kappa shape index (κ3) is 10.4. The SMILES string of the molecule is CCOC(=N)c1ccc(OCCCCCOc2ccc(C(=N)OCC)cc2)cc1.Cl.Cl. The van der Waals surface area contributed by atoms with Crippen LogP contribution >= 0.6 is 24.8 Å². The minimum atomic E-state index is 0. The van der Waals surface area contributed by atoms with Crippen molar-refractivity contribution in [2.45, 2.75) is 33.1 Å². The standard InChI is InChI=1S/C23H30N2O4.2ClH/c1-3-26-22(24)18-8-12-20(13-9-18)28-16-6-5-7-17-29-21-14-10-19(11-15-21)23(25)27-4-2;;/h8-15,24-25H,3-7,16-17H2,1-2H3;2*1H. The lowest BCUT2D eigenvalue weighted by Crippen LogP contribution is -2.05. The first-order chi connectivity index (χ1) is 14.1. The molecule has 2 N–H and O–H groups in total. The molecule has 0 radical (unpaired) electrons. The number of ether oxygens (including phenoxy) is 4. The number of hydrogen-bond donors (Lipinski definition) is 2. The van der Waals surface area contributed by atoms with Gasteiger partial charge in [-0.15, -0.1) is 24.8 Å². The molecule has 0 aliphatic carbocycles. The summed E-state index contributed by atoms with van der Waals surface area (Å²) in [5, 5.41) is 15.5. The van der Waals surface area contributed by atoms with Gasteiger partial charge in [-0.05, 0) is 81.6 Å². The minimum Gasteiger partial charge on any atom is -0.494 e. The largest absolute Gasteiger partial charge is 0.494 e. The van der Waals surface area contributed by atoms with Crippen LogP contribution in [0.3, 0.4) is 0 Å². The summed E-state index contributed by atoms with van der Waals surface area (Å²) in [5.41, 5.74) is 1.50. The normalized spacial score (nSPS) is 9.61. The second-order valence-electron chi connectivity index (χ2n) is 6.33. The molecule has 2 aromatic rings. The molecular formula is C23H32Cl2N2O4. The lowest BCUT2D eigenvalue weighted by Gasteiger charge is -2.09. The van der Waals surface area contributed by atoms with E-state index in [1.807, 2.05) is 62.4 Å². The quantitative estimate of drug-likeness (QED) is 0.230. The highest BCUT2D eigenvalue weighted by molar-refractivity contribution is 5.92. The zero-order chi connectivity index (χ0) is 20.9. The average Bonchev–Trinajstić information content (AvgIpc) is 2.74. The van der Waals surface area contributed by atoms with E-state index in [0.29, 0.717) is 26.4 Å². The van der Waals surface area contributed by atoms with E-state index in [1.165, 1.54) is 0 Å². The van der Waals surface area contributed by atoms with Gasteiger partial charge < -0.3 is 18.9 Å². The van der Waals surface area contributed by atoms with Crippen molar-refractivity contribution < 1.29 is 18.9 Å². The molecule has 31 heavy (non-hydrogen) atoms. The van der Waals surface area contributed by atoms with Crippen LogP contribution in [0.25, 0.3) is 0 Å². The zero-order valence-corrected chi connectivity index (χ0v) is 19.7. The van der Waals surface area contributed by atoms with E-state index in [2.05, 4.69) is 0 Å². The second kappa shape index (κ2) is 16.3. The smallest absolute Gasteiger partial charge is 0.213 e. The van der Waals surface area contributed by atoms with Gasteiger partial charge in [-0.3, -0.25) is 10.8 Å². The Bertz CT molecular complexity index is 703. The third-order valence-electron chi connectivity index (χ3n) is 4.14. The number of nitrogens with one attached hydrogen (secondary N) is 2. The lowest BCUT2D eigenvalue weighted by atomic mass is 10.2. The van der Waals surface area contributed by atoms with Gasteiger partial charge in [0.25, 0.3) is 0 Å². The Morgan fingerprint density at radius 3 is 1.29 bits per heavy atom. The van der Waals surface area contributed by atoms with Gasteiger partial charge >= 0.3 is 0 Å². The Morgan fingerprint density at radius 1 is 0.613 bits per heavy atom. The number of unbranched alkanes of at least 4 members (excludes halogenated alkanes) is 2. The van der Waals surface area contributed by atoms with E-state index < -0.39 is 0 Å². The van der Waals surface area contributed by atoms with Crippen molar-refractivity contribution in [1.82, 2.24) is 0 Å². The van der Waals surface area contributed by atoms with Crippen LogP contribution in [0.4, 0.5) is 0 Å². The molecular weight excluding hydrogens is 439 g/mol. The first-order valence-electron chi connectivity index (χ1n) is 10.0. The van der Waals surface area contributed by atoms with Crippen LogP contribution in [0, 0.1) is 10.8 Å². The van der Waals surface area contributed by atoms with Gasteiger partial charge in [-0.25, -0.2) is 0 Å². The van der Waals surface area contributed by atoms with Crippen molar-refractivity contribution in [2.24, 2.45) is 0 Å². The molecule has 0 aromatic heterocycles. The van der Waals surface area contributed by atoms with Gasteiger partial charge in [-0.1, -0.05) is 0 Å². The van der Waals surface area contributed by atoms with E-state index in [0.717, 1.165) is 41.9 Å². The van der Waals surface area contributed by atoms with Gasteiger partial charge in [0, 0.05) is 11.1 Å². The predicted molar refractivity (Wildman–Crippen MR) is 129 cm³/mol. The molecule has 0 heterocycles. The summed E-state index contributed by atoms with van der Waals surface area (Å²) in [7, 11) is 0. The molecule has 0 amide bonds. The molecule has 0 aliphatic heterocycles. The number of halogens is 2. The van der Waals surface area contributed by atoms with Crippen molar-refractivity contribution >= 4 is 36.6 Å². The summed E-state index contributed by atoms with van der Waals surface area (Å²) in [6.07, 6.45) is 2.91. The maximum atomic E-state index is 7.75. The molecule has 0 saturated carbocycles. The molecule has 0 spiro atoms. The molecule has 0 aliphatic rings. The number of benzene rings is 2. The Hall–Kier alpha value is -2.44. The second-order valence-corrected chi connectivity index (χ2v) is 6.33. The molecule has 2 aromatic carbocycles. The topological polar surface area (TPSA) is 84.6 Å². The minimum absolute atomic E-state index is 0. The zero-order valence-electron chi connectivity index (χ0n) is 18.0. The molecule has 8 heteroatoms. The number of rotatable bonds is 12. The maximum Gasteiger partial charge on any atom is 0.213 e. The van der Waals surface area contributed by atoms with Crippen molar-refractivity contribution in [3.8, 4) is 11.5 Å². The van der Waals surface area contributed by atoms with Crippen LogP contribution in [0.1, 0.15) is 44.2 Å². The molecule has 0 fully saturated rings. The molecule has 0 bridgehead atoms. The van der Waals surface area contributed by atoms with Crippen LogP contribution < -0.4 is 9.47 Å². The van der Waals surface area contributed by atoms with E-state index >= 15 is 0 Å². The summed E-state index contributed by atoms with van der Waals surface area (Å²) in [4.78, 5) is 0. The first kappa shape index (κ1) is 28.6. The highest BCUT2D eigenvalue weighted by Gasteiger charge is 2.03. The Labute approximate surface area is 197 Å². The van der Waals surface area contributed by atoms with Gasteiger partial charge in [0.2, 0.25) is 11.8 Å². The fourth-order valence-electron chi connectivity index (χ4n) is 2.62. The van der Waals surface area contributed by atoms with Crippen LogP contribution in [0.2, 0.25) is 0 Å². The highest BCUT2D eigenvalue weighted by atomic mass is 35.5. The molecule has 0 atom stereocenters. The van der Waals surface area contributed by atoms with Crippen molar-refractivity contribution in [3.05, 3.63) is 59.7 Å². The van der Waals surface area contributed by atoms with Crippen LogP contribution in [0.15, 0.2) is 48.5 Å². The predicted octanol–water partition coefficient (Wildman–Crippen LogP) is 5.88. The van der Waals surface area contributed by atoms with Gasteiger partial charge in [0.15, 0.2) is 0 Å². The van der Waals surface area contributed by atoms with Crippen molar-refractivity contribution in [1.29, 1.82) is 10.8 Å². The first-order valence-corrected chi connectivity index (χ1v) is 10.0. The lowest BCUT2D eigenvalue weighted by molar-refractivity contribution is 0.279. The van der Waals surface area contributed by atoms with E-state index in [-0.39, 0.29) is 36.6 Å². The van der Waals surface area contributed by atoms with Crippen molar-refractivity contribution in [3.63, 3.8) is 0 Å². The van der Waals surface area contributed by atoms with Crippen molar-refractivity contribution in [2.75, 3.05) is 26.4 Å². The Balaban J connectivity index is 0.00000450. The molecule has 6 nitrogen and oxygen atoms in total. The maximum absolute atomic E-state index is 7.75. The summed E-state index contributed by atoms with van der Waals surface area (Å²) in [6.45, 7) is 6.01.